The maximum atomic E-state index is 6.14. The molecule has 1 heterocycles. The van der Waals surface area contributed by atoms with Crippen LogP contribution in [0, 0.1) is 0 Å². The molecule has 0 aliphatic rings. The van der Waals surface area contributed by atoms with E-state index in [1.165, 1.54) is 0 Å². The number of aromatic nitrogens is 2. The highest BCUT2D eigenvalue weighted by Crippen LogP contribution is 2.29. The highest BCUT2D eigenvalue weighted by molar-refractivity contribution is 6.33. The summed E-state index contributed by atoms with van der Waals surface area (Å²) in [6, 6.07) is 13.0. The molecule has 0 fully saturated rings. The molecule has 0 bridgehead atoms. The monoisotopic (exact) mass is 330 g/mol. The van der Waals surface area contributed by atoms with Crippen LogP contribution in [0.3, 0.4) is 0 Å². The molecule has 0 N–H and O–H groups in total. The lowest BCUT2D eigenvalue weighted by molar-refractivity contribution is 0.354. The summed E-state index contributed by atoms with van der Waals surface area (Å²) >= 11 is 6.14. The van der Waals surface area contributed by atoms with E-state index in [0.29, 0.717) is 34.7 Å². The zero-order chi connectivity index (χ0) is 16.2. The van der Waals surface area contributed by atoms with Crippen molar-refractivity contribution in [3.05, 3.63) is 58.9 Å². The maximum Gasteiger partial charge on any atom is 0.259 e. The maximum absolute atomic E-state index is 6.14. The van der Waals surface area contributed by atoms with Gasteiger partial charge in [0.2, 0.25) is 0 Å². The van der Waals surface area contributed by atoms with E-state index in [1.807, 2.05) is 36.4 Å². The van der Waals surface area contributed by atoms with Crippen LogP contribution in [0.5, 0.6) is 11.5 Å². The van der Waals surface area contributed by atoms with Gasteiger partial charge in [-0.25, -0.2) is 0 Å². The molecule has 23 heavy (non-hydrogen) atoms. The molecular weight excluding hydrogens is 316 g/mol. The fourth-order valence-electron chi connectivity index (χ4n) is 2.24. The van der Waals surface area contributed by atoms with E-state index in [2.05, 4.69) is 10.1 Å². The first kappa shape index (κ1) is 15.4. The zero-order valence-corrected chi connectivity index (χ0v) is 13.5. The van der Waals surface area contributed by atoms with Crippen LogP contribution >= 0.6 is 11.6 Å². The molecule has 2 aromatic carbocycles. The standard InChI is InChI=1S/C17H15ClN2O3/c1-21-14-8-7-11(9-15(14)22-2)10-16-19-17(23-20-16)12-5-3-4-6-13(12)18/h3-9H,10H2,1-2H3. The molecule has 0 saturated carbocycles. The fraction of sp³-hybridized carbons (Fsp3) is 0.176. The van der Waals surface area contributed by atoms with Crippen LogP contribution in [0.25, 0.3) is 11.5 Å². The first-order valence-corrected chi connectivity index (χ1v) is 7.37. The van der Waals surface area contributed by atoms with Crippen molar-refractivity contribution in [3.63, 3.8) is 0 Å². The van der Waals surface area contributed by atoms with Crippen molar-refractivity contribution in [2.24, 2.45) is 0 Å². The van der Waals surface area contributed by atoms with Crippen molar-refractivity contribution in [2.75, 3.05) is 14.2 Å². The summed E-state index contributed by atoms with van der Waals surface area (Å²) in [6.45, 7) is 0. The van der Waals surface area contributed by atoms with Crippen molar-refractivity contribution < 1.29 is 14.0 Å². The van der Waals surface area contributed by atoms with Gasteiger partial charge in [-0.3, -0.25) is 0 Å². The highest BCUT2D eigenvalue weighted by Gasteiger charge is 2.13. The van der Waals surface area contributed by atoms with Crippen LogP contribution in [0.1, 0.15) is 11.4 Å². The summed E-state index contributed by atoms with van der Waals surface area (Å²) in [4.78, 5) is 4.40. The summed E-state index contributed by atoms with van der Waals surface area (Å²) in [5, 5.41) is 4.59. The van der Waals surface area contributed by atoms with Gasteiger partial charge < -0.3 is 14.0 Å². The first-order valence-electron chi connectivity index (χ1n) is 6.99. The van der Waals surface area contributed by atoms with Gasteiger partial charge in [-0.1, -0.05) is 35.0 Å². The van der Waals surface area contributed by atoms with Gasteiger partial charge in [-0.15, -0.1) is 0 Å². The molecular formula is C17H15ClN2O3. The summed E-state index contributed by atoms with van der Waals surface area (Å²) in [5.41, 5.74) is 1.72. The molecule has 0 aliphatic heterocycles. The van der Waals surface area contributed by atoms with Gasteiger partial charge in [0.1, 0.15) is 0 Å². The van der Waals surface area contributed by atoms with Crippen LogP contribution in [0.15, 0.2) is 47.0 Å². The molecule has 0 radical (unpaired) electrons. The quantitative estimate of drug-likeness (QED) is 0.707. The SMILES string of the molecule is COc1ccc(Cc2noc(-c3ccccc3Cl)n2)cc1OC. The molecule has 6 heteroatoms. The van der Waals surface area contributed by atoms with Crippen molar-refractivity contribution >= 4 is 11.6 Å². The molecule has 0 saturated heterocycles. The summed E-state index contributed by atoms with van der Waals surface area (Å²) in [7, 11) is 3.21. The number of ether oxygens (including phenoxy) is 2. The molecule has 0 amide bonds. The normalized spacial score (nSPS) is 10.6. The third-order valence-electron chi connectivity index (χ3n) is 3.38. The number of halogens is 1. The predicted molar refractivity (Wildman–Crippen MR) is 87.1 cm³/mol. The summed E-state index contributed by atoms with van der Waals surface area (Å²) in [5.74, 6) is 2.33. The van der Waals surface area contributed by atoms with E-state index >= 15 is 0 Å². The second-order valence-electron chi connectivity index (χ2n) is 4.86. The summed E-state index contributed by atoms with van der Waals surface area (Å²) in [6.07, 6.45) is 0.522. The minimum atomic E-state index is 0.408. The third-order valence-corrected chi connectivity index (χ3v) is 3.71. The largest absolute Gasteiger partial charge is 0.493 e. The minimum absolute atomic E-state index is 0.408. The molecule has 0 spiro atoms. The molecule has 3 aromatic rings. The van der Waals surface area contributed by atoms with Crippen LogP contribution in [-0.2, 0) is 6.42 Å². The Morgan fingerprint density at radius 2 is 1.83 bits per heavy atom. The van der Waals surface area contributed by atoms with Crippen molar-refractivity contribution in [2.45, 2.75) is 6.42 Å². The Labute approximate surface area is 138 Å². The van der Waals surface area contributed by atoms with Gasteiger partial charge in [0.15, 0.2) is 17.3 Å². The van der Waals surface area contributed by atoms with Crippen LogP contribution in [0.4, 0.5) is 0 Å². The van der Waals surface area contributed by atoms with E-state index in [9.17, 15) is 0 Å². The van der Waals surface area contributed by atoms with Crippen molar-refractivity contribution in [1.29, 1.82) is 0 Å². The predicted octanol–water partition coefficient (Wildman–Crippen LogP) is 4.00. The topological polar surface area (TPSA) is 57.4 Å². The van der Waals surface area contributed by atoms with Gasteiger partial charge in [0.25, 0.3) is 5.89 Å². The molecule has 3 rings (SSSR count). The second kappa shape index (κ2) is 6.71. The molecule has 5 nitrogen and oxygen atoms in total. The number of benzene rings is 2. The zero-order valence-electron chi connectivity index (χ0n) is 12.7. The van der Waals surface area contributed by atoms with Gasteiger partial charge in [-0.2, -0.15) is 4.98 Å². The average Bonchev–Trinajstić information content (AvgIpc) is 3.03. The van der Waals surface area contributed by atoms with Gasteiger partial charge in [0.05, 0.1) is 24.8 Å². The lowest BCUT2D eigenvalue weighted by Gasteiger charge is -2.08. The lowest BCUT2D eigenvalue weighted by Crippen LogP contribution is -1.95. The molecule has 0 unspecified atom stereocenters. The van der Waals surface area contributed by atoms with E-state index in [1.54, 1.807) is 20.3 Å². The van der Waals surface area contributed by atoms with Gasteiger partial charge in [0, 0.05) is 6.42 Å². The van der Waals surface area contributed by atoms with Crippen LogP contribution in [-0.4, -0.2) is 24.4 Å². The smallest absolute Gasteiger partial charge is 0.259 e. The molecule has 118 valence electrons. The van der Waals surface area contributed by atoms with Crippen LogP contribution in [0.2, 0.25) is 5.02 Å². The van der Waals surface area contributed by atoms with Crippen molar-refractivity contribution in [3.8, 4) is 23.0 Å². The van der Waals surface area contributed by atoms with E-state index in [-0.39, 0.29) is 0 Å². The fourth-order valence-corrected chi connectivity index (χ4v) is 2.46. The minimum Gasteiger partial charge on any atom is -0.493 e. The van der Waals surface area contributed by atoms with E-state index in [0.717, 1.165) is 11.1 Å². The lowest BCUT2D eigenvalue weighted by atomic mass is 10.1. The average molecular weight is 331 g/mol. The Morgan fingerprint density at radius 1 is 1.04 bits per heavy atom. The molecule has 1 aromatic heterocycles. The Balaban J connectivity index is 1.83. The third kappa shape index (κ3) is 3.29. The number of nitrogens with zero attached hydrogens (tertiary/aromatic N) is 2. The number of hydrogen-bond donors (Lipinski definition) is 0. The Morgan fingerprint density at radius 3 is 2.57 bits per heavy atom. The van der Waals surface area contributed by atoms with Gasteiger partial charge >= 0.3 is 0 Å². The first-order chi connectivity index (χ1) is 11.2. The van der Waals surface area contributed by atoms with E-state index < -0.39 is 0 Å². The second-order valence-corrected chi connectivity index (χ2v) is 5.27. The Bertz CT molecular complexity index is 817. The Hall–Kier alpha value is -2.53. The van der Waals surface area contributed by atoms with Gasteiger partial charge in [-0.05, 0) is 29.8 Å². The van der Waals surface area contributed by atoms with E-state index in [4.69, 9.17) is 25.6 Å². The van der Waals surface area contributed by atoms with Crippen LogP contribution < -0.4 is 9.47 Å². The number of hydrogen-bond acceptors (Lipinski definition) is 5. The highest BCUT2D eigenvalue weighted by atomic mass is 35.5. The summed E-state index contributed by atoms with van der Waals surface area (Å²) < 4.78 is 15.8. The Kier molecular flexibility index (Phi) is 4.48. The molecule has 0 aliphatic carbocycles. The number of rotatable bonds is 5. The number of methoxy groups -OCH3 is 2. The molecule has 0 atom stereocenters. The van der Waals surface area contributed by atoms with Crippen molar-refractivity contribution in [1.82, 2.24) is 10.1 Å².